The van der Waals surface area contributed by atoms with Gasteiger partial charge in [0, 0.05) is 40.9 Å². The predicted octanol–water partition coefficient (Wildman–Crippen LogP) is 6.55. The van der Waals surface area contributed by atoms with Crippen LogP contribution in [0.1, 0.15) is 112 Å². The molecule has 1 heterocycles. The van der Waals surface area contributed by atoms with E-state index < -0.39 is 70.0 Å². The van der Waals surface area contributed by atoms with Crippen LogP contribution in [0.15, 0.2) is 59.5 Å². The van der Waals surface area contributed by atoms with Crippen molar-refractivity contribution >= 4 is 39.8 Å². The number of hydrogen-bond acceptors (Lipinski definition) is 10. The Morgan fingerprint density at radius 2 is 1.46 bits per heavy atom. The Bertz CT molecular complexity index is 2060. The molecule has 17 heteroatoms. The van der Waals surface area contributed by atoms with Gasteiger partial charge in [-0.3, -0.25) is 28.6 Å². The summed E-state index contributed by atoms with van der Waals surface area (Å²) in [5.41, 5.74) is 1.11. The quantitative estimate of drug-likeness (QED) is 0.0965. The van der Waals surface area contributed by atoms with Gasteiger partial charge in [0.05, 0.1) is 41.5 Å². The van der Waals surface area contributed by atoms with Gasteiger partial charge in [-0.05, 0) is 93.9 Å². The van der Waals surface area contributed by atoms with Crippen LogP contribution in [0.5, 0.6) is 0 Å². The molecule has 16 nitrogen and oxygen atoms in total. The van der Waals surface area contributed by atoms with E-state index in [9.17, 15) is 36.9 Å². The van der Waals surface area contributed by atoms with E-state index in [4.69, 9.17) is 14.2 Å². The largest absolute Gasteiger partial charge is 0.444 e. The number of rotatable bonds is 24. The average molecular weight is 972 g/mol. The molecule has 5 amide bonds. The number of nitrogens with one attached hydrogen (secondary N) is 2. The van der Waals surface area contributed by atoms with Crippen molar-refractivity contribution in [3.8, 4) is 0 Å². The highest BCUT2D eigenvalue weighted by atomic mass is 32.2. The van der Waals surface area contributed by atoms with Crippen LogP contribution in [-0.4, -0.2) is 140 Å². The summed E-state index contributed by atoms with van der Waals surface area (Å²) in [6.45, 7) is 18.9. The van der Waals surface area contributed by atoms with E-state index >= 15 is 0 Å². The van der Waals surface area contributed by atoms with Crippen molar-refractivity contribution in [1.29, 1.82) is 0 Å². The van der Waals surface area contributed by atoms with Crippen LogP contribution >= 0.6 is 0 Å². The van der Waals surface area contributed by atoms with Gasteiger partial charge >= 0.3 is 6.09 Å². The number of carbonyl (C=O) groups excluding carboxylic acids is 5. The van der Waals surface area contributed by atoms with Crippen molar-refractivity contribution in [2.75, 3.05) is 34.9 Å². The first-order chi connectivity index (χ1) is 31.8. The van der Waals surface area contributed by atoms with Gasteiger partial charge in [0.1, 0.15) is 17.7 Å². The zero-order chi connectivity index (χ0) is 51.3. The Morgan fingerprint density at radius 1 is 0.838 bits per heavy atom. The van der Waals surface area contributed by atoms with Gasteiger partial charge in [0.15, 0.2) is 0 Å². The molecule has 1 fully saturated rings. The zero-order valence-corrected chi connectivity index (χ0v) is 43.8. The summed E-state index contributed by atoms with van der Waals surface area (Å²) >= 11 is 0. The molecule has 1 aliphatic rings. The summed E-state index contributed by atoms with van der Waals surface area (Å²) in [5.74, 6) is -2.65. The van der Waals surface area contributed by atoms with Crippen LogP contribution in [0.2, 0.25) is 0 Å². The van der Waals surface area contributed by atoms with Crippen LogP contribution in [0.4, 0.5) is 4.79 Å². The summed E-state index contributed by atoms with van der Waals surface area (Å²) in [6, 6.07) is 12.7. The summed E-state index contributed by atoms with van der Waals surface area (Å²) < 4.78 is 50.3. The van der Waals surface area contributed by atoms with E-state index in [1.54, 1.807) is 63.8 Å². The predicted molar refractivity (Wildman–Crippen MR) is 262 cm³/mol. The molecule has 0 bridgehead atoms. The highest BCUT2D eigenvalue weighted by Gasteiger charge is 2.44. The van der Waals surface area contributed by atoms with E-state index in [2.05, 4.69) is 10.6 Å². The molecule has 3 N–H and O–H groups in total. The number of nitrogens with zero attached hydrogens (tertiary/aromatic N) is 3. The summed E-state index contributed by atoms with van der Waals surface area (Å²) in [5, 5.41) is 6.20. The van der Waals surface area contributed by atoms with Crippen LogP contribution in [0, 0.1) is 23.7 Å². The van der Waals surface area contributed by atoms with Crippen molar-refractivity contribution in [3.63, 3.8) is 0 Å². The van der Waals surface area contributed by atoms with E-state index in [1.807, 2.05) is 71.9 Å². The van der Waals surface area contributed by atoms with Crippen LogP contribution in [0.25, 0.3) is 0 Å². The second kappa shape index (κ2) is 25.9. The Hall–Kier alpha value is -4.58. The minimum Gasteiger partial charge on any atom is -0.444 e. The number of amides is 5. The van der Waals surface area contributed by atoms with Gasteiger partial charge in [-0.2, -0.15) is 8.42 Å². The van der Waals surface area contributed by atoms with E-state index in [0.29, 0.717) is 45.1 Å². The topological polar surface area (TPSA) is 201 Å². The van der Waals surface area contributed by atoms with E-state index in [-0.39, 0.29) is 52.8 Å². The Morgan fingerprint density at radius 3 is 1.97 bits per heavy atom. The number of likely N-dealkylation sites (N-methyl/N-ethyl adjacent to an activating group) is 2. The number of carbonyl (C=O) groups is 5. The first-order valence-electron chi connectivity index (χ1n) is 24.0. The molecule has 0 aromatic heterocycles. The molecular formula is C51H81N5O11S. The standard InChI is InChI=1S/C51H81N5O11S/c1-15-34(6)45(54(11)49(60)43(32(2)3)53-48(59)44(33(4)5)55(12)50(61)67-51(8,9)10)41(65-13)31-42(57)56-29-19-22-40(56)46(66-14)35(7)47(58)52-38(30-37-20-17-16-18-21-37)26-23-36-24-27-39(28-25-36)68(62,63)64/h16-18,20-21,24-25,27-28,32-35,38,40-41,43-46H,15,19,22-23,26,29-31H2,1-14H3,(H,52,58)(H,53,59)(H,62,63,64)/t34?,35?,38?,40-,41?,43?,44?,45?,46?/m0/s1. The smallest absolute Gasteiger partial charge is 0.410 e. The van der Waals surface area contributed by atoms with Crippen molar-refractivity contribution in [3.05, 3.63) is 65.7 Å². The molecular weight excluding hydrogens is 891 g/mol. The van der Waals surface area contributed by atoms with Crippen LogP contribution in [-0.2, 0) is 56.3 Å². The van der Waals surface area contributed by atoms with Crippen molar-refractivity contribution in [2.24, 2.45) is 23.7 Å². The lowest BCUT2D eigenvalue weighted by atomic mass is 9.89. The number of benzene rings is 2. The third kappa shape index (κ3) is 16.3. The highest BCUT2D eigenvalue weighted by molar-refractivity contribution is 7.85. The fourth-order valence-corrected chi connectivity index (χ4v) is 9.76. The lowest BCUT2D eigenvalue weighted by molar-refractivity contribution is -0.148. The first kappa shape index (κ1) is 57.7. The fourth-order valence-electron chi connectivity index (χ4n) is 9.28. The molecule has 2 aromatic rings. The molecule has 0 spiro atoms. The number of methoxy groups -OCH3 is 2. The third-order valence-corrected chi connectivity index (χ3v) is 14.0. The van der Waals surface area contributed by atoms with Gasteiger partial charge < -0.3 is 34.6 Å². The third-order valence-electron chi connectivity index (χ3n) is 13.2. The number of likely N-dealkylation sites (tertiary alicyclic amines) is 1. The van der Waals surface area contributed by atoms with E-state index in [1.165, 1.54) is 31.2 Å². The lowest BCUT2D eigenvalue weighted by Crippen LogP contribution is -2.60. The minimum atomic E-state index is -4.32. The van der Waals surface area contributed by atoms with Crippen molar-refractivity contribution < 1.29 is 51.2 Å². The van der Waals surface area contributed by atoms with Gasteiger partial charge in [-0.25, -0.2) is 4.79 Å². The summed E-state index contributed by atoms with van der Waals surface area (Å²) in [7, 11) is 1.94. The molecule has 2 aromatic carbocycles. The van der Waals surface area contributed by atoms with Crippen LogP contribution in [0.3, 0.4) is 0 Å². The molecule has 68 heavy (non-hydrogen) atoms. The highest BCUT2D eigenvalue weighted by Crippen LogP contribution is 2.30. The number of hydrogen-bond donors (Lipinski definition) is 3. The first-order valence-corrected chi connectivity index (χ1v) is 25.5. The lowest BCUT2D eigenvalue weighted by Gasteiger charge is -2.41. The summed E-state index contributed by atoms with van der Waals surface area (Å²) in [6.07, 6.45) is 1.58. The van der Waals surface area contributed by atoms with Gasteiger partial charge in [-0.15, -0.1) is 0 Å². The van der Waals surface area contributed by atoms with E-state index in [0.717, 1.165) is 11.1 Å². The van der Waals surface area contributed by atoms with Gasteiger partial charge in [-0.1, -0.05) is 97.4 Å². The van der Waals surface area contributed by atoms with Crippen LogP contribution < -0.4 is 10.6 Å². The maximum Gasteiger partial charge on any atom is 0.410 e. The van der Waals surface area contributed by atoms with Crippen molar-refractivity contribution in [1.82, 2.24) is 25.3 Å². The monoisotopic (exact) mass is 972 g/mol. The summed E-state index contributed by atoms with van der Waals surface area (Å²) in [4.78, 5) is 74.7. The van der Waals surface area contributed by atoms with Gasteiger partial charge in [0.25, 0.3) is 10.1 Å². The molecule has 382 valence electrons. The maximum atomic E-state index is 14.6. The SMILES string of the molecule is CCC(C)C(C(CC(=O)N1CCC[C@H]1C(OC)C(C)C(=O)NC(CCc1ccc(S(=O)(=O)O)cc1)Cc1ccccc1)OC)N(C)C(=O)C(NC(=O)C(C(C)C)N(C)C(=O)OC(C)(C)C)C(C)C. The molecule has 8 unspecified atom stereocenters. The number of ether oxygens (including phenoxy) is 3. The van der Waals surface area contributed by atoms with Crippen molar-refractivity contribution in [2.45, 2.75) is 167 Å². The molecule has 0 radical (unpaired) electrons. The second-order valence-electron chi connectivity index (χ2n) is 20.2. The molecule has 1 aliphatic heterocycles. The normalized spacial score (nSPS) is 17.9. The molecule has 0 saturated carbocycles. The zero-order valence-electron chi connectivity index (χ0n) is 43.0. The molecule has 3 rings (SSSR count). The Labute approximate surface area is 406 Å². The second-order valence-corrected chi connectivity index (χ2v) is 21.6. The molecule has 0 aliphatic carbocycles. The average Bonchev–Trinajstić information content (AvgIpc) is 3.76. The Kier molecular flexibility index (Phi) is 22.0. The molecule has 1 saturated heterocycles. The Balaban J connectivity index is 1.81. The fraction of sp³-hybridized carbons (Fsp3) is 0.667. The minimum absolute atomic E-state index is 0.0458. The van der Waals surface area contributed by atoms with Gasteiger partial charge in [0.2, 0.25) is 23.6 Å². The molecule has 9 atom stereocenters. The number of aryl methyl sites for hydroxylation is 1. The maximum absolute atomic E-state index is 14.6.